The molecule has 1 fully saturated rings. The third-order valence-electron chi connectivity index (χ3n) is 5.37. The minimum atomic E-state index is -1.31. The van der Waals surface area contributed by atoms with Gasteiger partial charge in [-0.15, -0.1) is 0 Å². The first-order valence-corrected chi connectivity index (χ1v) is 10.3. The van der Waals surface area contributed by atoms with Gasteiger partial charge in [-0.25, -0.2) is 18.0 Å². The molecule has 0 unspecified atom stereocenters. The third kappa shape index (κ3) is 6.23. The van der Waals surface area contributed by atoms with Crippen LogP contribution in [0.4, 0.5) is 13.2 Å². The number of carboxylic acids is 1. The van der Waals surface area contributed by atoms with E-state index in [1.165, 1.54) is 24.3 Å². The second-order valence-corrected chi connectivity index (χ2v) is 8.14. The monoisotopic (exact) mass is 467 g/mol. The smallest absolute Gasteiger partial charge is 0.341 e. The van der Waals surface area contributed by atoms with Crippen LogP contribution >= 0.6 is 0 Å². The molecule has 1 aliphatic rings. The number of aliphatic hydroxyl groups excluding tert-OH is 1. The number of amides is 1. The first kappa shape index (κ1) is 24.5. The minimum Gasteiger partial charge on any atom is -0.481 e. The Bertz CT molecular complexity index is 1020. The fourth-order valence-electron chi connectivity index (χ4n) is 3.92. The molecule has 1 aliphatic heterocycles. The van der Waals surface area contributed by atoms with Crippen molar-refractivity contribution in [1.29, 1.82) is 0 Å². The third-order valence-corrected chi connectivity index (χ3v) is 5.37. The van der Waals surface area contributed by atoms with Crippen molar-refractivity contribution in [2.75, 3.05) is 13.2 Å². The number of aliphatic hydroxyl groups is 1. The van der Waals surface area contributed by atoms with Crippen molar-refractivity contribution in [3.8, 4) is 5.75 Å². The van der Waals surface area contributed by atoms with Crippen molar-refractivity contribution in [3.63, 3.8) is 0 Å². The van der Waals surface area contributed by atoms with Gasteiger partial charge in [0.25, 0.3) is 0 Å². The van der Waals surface area contributed by atoms with Crippen LogP contribution in [0, 0.1) is 17.5 Å². The Labute approximate surface area is 188 Å². The van der Waals surface area contributed by atoms with E-state index in [0.29, 0.717) is 5.56 Å². The molecule has 2 aromatic rings. The number of halogens is 3. The SMILES string of the molecule is C[C@]1(NC(=O)CCO)C[C@@H](c2ccc(F)cc2)O[C@@H](c2cc(F)c(F)cc2OCC(=O)O)C1. The van der Waals surface area contributed by atoms with E-state index in [0.717, 1.165) is 12.1 Å². The molecule has 1 heterocycles. The van der Waals surface area contributed by atoms with E-state index in [1.54, 1.807) is 6.92 Å². The zero-order chi connectivity index (χ0) is 24.2. The van der Waals surface area contributed by atoms with E-state index in [-0.39, 0.29) is 37.2 Å². The van der Waals surface area contributed by atoms with Crippen molar-refractivity contribution in [3.05, 3.63) is 65.0 Å². The van der Waals surface area contributed by atoms with Crippen molar-refractivity contribution in [1.82, 2.24) is 5.32 Å². The lowest BCUT2D eigenvalue weighted by Gasteiger charge is -2.43. The Balaban J connectivity index is 2.00. The van der Waals surface area contributed by atoms with E-state index in [1.807, 2.05) is 0 Å². The van der Waals surface area contributed by atoms with Crippen molar-refractivity contribution < 1.29 is 42.4 Å². The summed E-state index contributed by atoms with van der Waals surface area (Å²) in [5.41, 5.74) is -0.229. The van der Waals surface area contributed by atoms with Gasteiger partial charge in [0.05, 0.1) is 18.8 Å². The lowest BCUT2D eigenvalue weighted by molar-refractivity contribution is -0.139. The van der Waals surface area contributed by atoms with Gasteiger partial charge in [-0.3, -0.25) is 4.79 Å². The van der Waals surface area contributed by atoms with Crippen LogP contribution in [-0.4, -0.2) is 40.8 Å². The van der Waals surface area contributed by atoms with Crippen LogP contribution in [0.1, 0.15) is 49.5 Å². The number of aliphatic carboxylic acids is 1. The number of carbonyl (C=O) groups excluding carboxylic acids is 1. The predicted molar refractivity (Wildman–Crippen MR) is 110 cm³/mol. The summed E-state index contributed by atoms with van der Waals surface area (Å²) >= 11 is 0. The maximum Gasteiger partial charge on any atom is 0.341 e. The first-order chi connectivity index (χ1) is 15.6. The van der Waals surface area contributed by atoms with Gasteiger partial charge < -0.3 is 25.0 Å². The van der Waals surface area contributed by atoms with Gasteiger partial charge in [0.1, 0.15) is 11.6 Å². The normalized spacial score (nSPS) is 22.6. The van der Waals surface area contributed by atoms with Crippen LogP contribution in [0.15, 0.2) is 36.4 Å². The van der Waals surface area contributed by atoms with Crippen LogP contribution in [-0.2, 0) is 14.3 Å². The summed E-state index contributed by atoms with van der Waals surface area (Å²) in [6.07, 6.45) is -1.31. The Morgan fingerprint density at radius 3 is 2.39 bits per heavy atom. The number of rotatable bonds is 8. The fraction of sp³-hybridized carbons (Fsp3) is 0.391. The number of benzene rings is 2. The molecular formula is C23H24F3NO6. The van der Waals surface area contributed by atoms with Gasteiger partial charge in [0.15, 0.2) is 18.2 Å². The van der Waals surface area contributed by atoms with Gasteiger partial charge in [-0.05, 0) is 30.7 Å². The summed E-state index contributed by atoms with van der Waals surface area (Å²) in [6.45, 7) is 0.613. The quantitative estimate of drug-likeness (QED) is 0.550. The van der Waals surface area contributed by atoms with Gasteiger partial charge in [-0.1, -0.05) is 12.1 Å². The van der Waals surface area contributed by atoms with Gasteiger partial charge >= 0.3 is 5.97 Å². The molecule has 33 heavy (non-hydrogen) atoms. The Morgan fingerprint density at radius 2 is 1.76 bits per heavy atom. The standard InChI is InChI=1S/C23H24F3NO6/c1-23(27-21(29)6-7-28)10-19(13-2-4-14(24)5-3-13)33-20(11-23)15-8-16(25)17(26)9-18(15)32-12-22(30)31/h2-5,8-9,19-20,28H,6-7,10-12H2,1H3,(H,27,29)(H,30,31)/t19-,20+,23-/m0/s1. The number of hydrogen-bond donors (Lipinski definition) is 3. The van der Waals surface area contributed by atoms with Gasteiger partial charge in [-0.2, -0.15) is 0 Å². The van der Waals surface area contributed by atoms with Crippen LogP contribution in [0.2, 0.25) is 0 Å². The molecule has 0 aliphatic carbocycles. The lowest BCUT2D eigenvalue weighted by atomic mass is 9.81. The molecule has 10 heteroatoms. The summed E-state index contributed by atoms with van der Waals surface area (Å²) in [5, 5.41) is 20.8. The number of carbonyl (C=O) groups is 2. The van der Waals surface area contributed by atoms with Crippen molar-refractivity contribution in [2.45, 2.75) is 43.9 Å². The summed E-state index contributed by atoms with van der Waals surface area (Å²) in [5.74, 6) is -4.76. The lowest BCUT2D eigenvalue weighted by Crippen LogP contribution is -2.51. The van der Waals surface area contributed by atoms with Gasteiger partial charge in [0.2, 0.25) is 5.91 Å². The van der Waals surface area contributed by atoms with E-state index >= 15 is 0 Å². The van der Waals surface area contributed by atoms with Gasteiger partial charge in [0, 0.05) is 36.4 Å². The molecular weight excluding hydrogens is 443 g/mol. The fourth-order valence-corrected chi connectivity index (χ4v) is 3.92. The molecule has 0 bridgehead atoms. The first-order valence-electron chi connectivity index (χ1n) is 10.3. The maximum absolute atomic E-state index is 14.1. The molecule has 1 saturated heterocycles. The summed E-state index contributed by atoms with van der Waals surface area (Å²) in [4.78, 5) is 23.2. The molecule has 0 saturated carbocycles. The molecule has 3 N–H and O–H groups in total. The molecule has 1 amide bonds. The zero-order valence-electron chi connectivity index (χ0n) is 17.8. The summed E-state index contributed by atoms with van der Waals surface area (Å²) in [6, 6.07) is 7.17. The molecule has 0 radical (unpaired) electrons. The number of ether oxygens (including phenoxy) is 2. The highest BCUT2D eigenvalue weighted by Gasteiger charge is 2.41. The second-order valence-electron chi connectivity index (χ2n) is 8.14. The van der Waals surface area contributed by atoms with E-state index in [2.05, 4.69) is 5.32 Å². The Kier molecular flexibility index (Phi) is 7.60. The number of hydrogen-bond acceptors (Lipinski definition) is 5. The average molecular weight is 467 g/mol. The number of carboxylic acid groups (broad SMARTS) is 1. The maximum atomic E-state index is 14.1. The molecule has 3 rings (SSSR count). The van der Waals surface area contributed by atoms with E-state index in [9.17, 15) is 22.8 Å². The van der Waals surface area contributed by atoms with Crippen LogP contribution in [0.5, 0.6) is 5.75 Å². The minimum absolute atomic E-state index is 0.0737. The summed E-state index contributed by atoms with van der Waals surface area (Å²) in [7, 11) is 0. The van der Waals surface area contributed by atoms with Crippen molar-refractivity contribution >= 4 is 11.9 Å². The largest absolute Gasteiger partial charge is 0.481 e. The van der Waals surface area contributed by atoms with Crippen LogP contribution in [0.3, 0.4) is 0 Å². The Morgan fingerprint density at radius 1 is 1.12 bits per heavy atom. The van der Waals surface area contributed by atoms with Crippen LogP contribution in [0.25, 0.3) is 0 Å². The second kappa shape index (κ2) is 10.2. The molecule has 0 aromatic heterocycles. The highest BCUT2D eigenvalue weighted by Crippen LogP contribution is 2.46. The average Bonchev–Trinajstić information content (AvgIpc) is 2.74. The zero-order valence-corrected chi connectivity index (χ0v) is 17.8. The topological polar surface area (TPSA) is 105 Å². The van der Waals surface area contributed by atoms with Crippen molar-refractivity contribution in [2.24, 2.45) is 0 Å². The molecule has 7 nitrogen and oxygen atoms in total. The molecule has 3 atom stereocenters. The molecule has 2 aromatic carbocycles. The van der Waals surface area contributed by atoms with E-state index < -0.39 is 53.7 Å². The Hall–Kier alpha value is -3.11. The van der Waals surface area contributed by atoms with Crippen LogP contribution < -0.4 is 10.1 Å². The highest BCUT2D eigenvalue weighted by atomic mass is 19.2. The summed E-state index contributed by atoms with van der Waals surface area (Å²) < 4.78 is 52.8. The number of nitrogens with one attached hydrogen (secondary N) is 1. The highest BCUT2D eigenvalue weighted by molar-refractivity contribution is 5.76. The molecule has 178 valence electrons. The van der Waals surface area contributed by atoms with E-state index in [4.69, 9.17) is 19.7 Å². The molecule has 0 spiro atoms. The predicted octanol–water partition coefficient (Wildman–Crippen LogP) is 3.42.